The van der Waals surface area contributed by atoms with E-state index in [2.05, 4.69) is 28.6 Å². The Kier molecular flexibility index (Phi) is 4.29. The lowest BCUT2D eigenvalue weighted by Gasteiger charge is -2.44. The van der Waals surface area contributed by atoms with E-state index in [1.54, 1.807) is 0 Å². The number of benzene rings is 2. The summed E-state index contributed by atoms with van der Waals surface area (Å²) in [5.41, 5.74) is 5.87. The van der Waals surface area contributed by atoms with E-state index in [9.17, 15) is 4.79 Å². The molecule has 130 valence electrons. The van der Waals surface area contributed by atoms with Gasteiger partial charge in [0.2, 0.25) is 0 Å². The second-order valence-corrected chi connectivity index (χ2v) is 6.38. The third-order valence-corrected chi connectivity index (χ3v) is 5.04. The van der Waals surface area contributed by atoms with Crippen LogP contribution in [0.2, 0.25) is 0 Å². The molecule has 2 heterocycles. The minimum Gasteiger partial charge on any atom is -0.379 e. The number of fused-ring (bicyclic) bond motifs is 1. The van der Waals surface area contributed by atoms with Gasteiger partial charge in [0.1, 0.15) is 0 Å². The number of hydrazine groups is 1. The highest BCUT2D eigenvalue weighted by Crippen LogP contribution is 2.42. The normalized spacial score (nSPS) is 23.7. The molecule has 1 N–H and O–H groups in total. The van der Waals surface area contributed by atoms with Crippen molar-refractivity contribution in [3.8, 4) is 0 Å². The van der Waals surface area contributed by atoms with Crippen molar-refractivity contribution in [1.29, 1.82) is 0 Å². The van der Waals surface area contributed by atoms with Crippen LogP contribution in [0.5, 0.6) is 0 Å². The summed E-state index contributed by atoms with van der Waals surface area (Å²) in [5.74, 6) is 0.0720. The van der Waals surface area contributed by atoms with Crippen LogP contribution in [-0.2, 0) is 10.4 Å². The molecule has 0 radical (unpaired) electrons. The van der Waals surface area contributed by atoms with Crippen molar-refractivity contribution in [1.82, 2.24) is 15.3 Å². The van der Waals surface area contributed by atoms with Gasteiger partial charge in [0, 0.05) is 30.8 Å². The van der Waals surface area contributed by atoms with Crippen molar-refractivity contribution in [2.45, 2.75) is 12.6 Å². The molecule has 1 fully saturated rings. The van der Waals surface area contributed by atoms with Crippen LogP contribution in [0.25, 0.3) is 0 Å². The molecule has 1 amide bonds. The fourth-order valence-corrected chi connectivity index (χ4v) is 3.89. The topological polar surface area (TPSA) is 44.8 Å². The highest BCUT2D eigenvalue weighted by molar-refractivity contribution is 6.00. The van der Waals surface area contributed by atoms with Crippen molar-refractivity contribution in [2.24, 2.45) is 0 Å². The molecule has 5 nitrogen and oxygen atoms in total. The Morgan fingerprint density at radius 1 is 1.04 bits per heavy atom. The number of hydrogen-bond acceptors (Lipinski definition) is 4. The summed E-state index contributed by atoms with van der Waals surface area (Å²) in [6.07, 6.45) is 0. The number of carbonyl (C=O) groups is 1. The molecule has 25 heavy (non-hydrogen) atoms. The molecule has 2 aromatic rings. The second kappa shape index (κ2) is 6.59. The van der Waals surface area contributed by atoms with E-state index >= 15 is 0 Å². The van der Waals surface area contributed by atoms with Gasteiger partial charge in [-0.25, -0.2) is 10.4 Å². The Hall–Kier alpha value is -2.21. The smallest absolute Gasteiger partial charge is 0.256 e. The Bertz CT molecular complexity index is 759. The van der Waals surface area contributed by atoms with Crippen LogP contribution < -0.4 is 5.43 Å². The predicted octanol–water partition coefficient (Wildman–Crippen LogP) is 2.20. The van der Waals surface area contributed by atoms with Gasteiger partial charge in [-0.2, -0.15) is 0 Å². The van der Waals surface area contributed by atoms with Gasteiger partial charge in [0.25, 0.3) is 5.91 Å². The summed E-state index contributed by atoms with van der Waals surface area (Å²) in [6.45, 7) is 5.63. The number of rotatable bonds is 4. The lowest BCUT2D eigenvalue weighted by Crippen LogP contribution is -2.62. The van der Waals surface area contributed by atoms with E-state index in [0.29, 0.717) is 19.8 Å². The second-order valence-electron chi connectivity index (χ2n) is 6.38. The monoisotopic (exact) mass is 337 g/mol. The highest BCUT2D eigenvalue weighted by atomic mass is 16.5. The Morgan fingerprint density at radius 2 is 1.72 bits per heavy atom. The molecule has 1 atom stereocenters. The van der Waals surface area contributed by atoms with E-state index in [0.717, 1.165) is 29.8 Å². The third kappa shape index (κ3) is 2.56. The van der Waals surface area contributed by atoms with Crippen molar-refractivity contribution >= 4 is 5.91 Å². The first kappa shape index (κ1) is 16.3. The van der Waals surface area contributed by atoms with Crippen LogP contribution in [0, 0.1) is 0 Å². The van der Waals surface area contributed by atoms with Crippen LogP contribution >= 0.6 is 0 Å². The van der Waals surface area contributed by atoms with Gasteiger partial charge in [-0.3, -0.25) is 4.79 Å². The van der Waals surface area contributed by atoms with Gasteiger partial charge in [-0.15, -0.1) is 0 Å². The molecule has 0 bridgehead atoms. The average molecular weight is 337 g/mol. The lowest BCUT2D eigenvalue weighted by atomic mass is 9.91. The highest BCUT2D eigenvalue weighted by Gasteiger charge is 2.51. The van der Waals surface area contributed by atoms with E-state index in [4.69, 9.17) is 4.74 Å². The Labute approximate surface area is 148 Å². The number of morpholine rings is 1. The van der Waals surface area contributed by atoms with E-state index in [-0.39, 0.29) is 5.91 Å². The fraction of sp³-hybridized carbons (Fsp3) is 0.350. The molecular formula is C20H23N3O2. The molecule has 0 aliphatic carbocycles. The zero-order chi connectivity index (χ0) is 17.3. The minimum absolute atomic E-state index is 0.0720. The third-order valence-electron chi connectivity index (χ3n) is 5.04. The largest absolute Gasteiger partial charge is 0.379 e. The number of nitrogens with zero attached hydrogens (tertiary/aromatic N) is 2. The van der Waals surface area contributed by atoms with Gasteiger partial charge < -0.3 is 9.64 Å². The maximum absolute atomic E-state index is 13.1. The predicted molar refractivity (Wildman–Crippen MR) is 95.9 cm³/mol. The molecule has 0 aromatic heterocycles. The number of carbonyl (C=O) groups excluding carboxylic acids is 1. The Balaban J connectivity index is 1.89. The molecule has 2 aliphatic rings. The van der Waals surface area contributed by atoms with E-state index in [1.165, 1.54) is 0 Å². The van der Waals surface area contributed by atoms with Gasteiger partial charge in [0.05, 0.1) is 13.2 Å². The summed E-state index contributed by atoms with van der Waals surface area (Å²) in [7, 11) is 0. The van der Waals surface area contributed by atoms with Gasteiger partial charge in [-0.1, -0.05) is 48.5 Å². The van der Waals surface area contributed by atoms with Gasteiger partial charge in [-0.05, 0) is 18.6 Å². The van der Waals surface area contributed by atoms with Crippen LogP contribution in [-0.4, -0.2) is 48.7 Å². The number of amides is 1. The minimum atomic E-state index is -0.680. The first-order chi connectivity index (χ1) is 12.3. The molecular weight excluding hydrogens is 314 g/mol. The number of ether oxygens (including phenoxy) is 1. The molecule has 1 unspecified atom stereocenters. The number of nitrogens with one attached hydrogen (secondary N) is 1. The first-order valence-corrected chi connectivity index (χ1v) is 8.85. The maximum Gasteiger partial charge on any atom is 0.256 e. The number of hydrogen-bond donors (Lipinski definition) is 1. The van der Waals surface area contributed by atoms with Crippen molar-refractivity contribution in [3.05, 3.63) is 71.3 Å². The standard InChI is InChI=1S/C20H23N3O2/c1-2-23-19(24)17-10-6-7-11-18(17)20(23,16-8-4-3-5-9-16)21-22-12-14-25-15-13-22/h3-11,21H,2,12-15H2,1H3. The average Bonchev–Trinajstić information content (AvgIpc) is 2.92. The summed E-state index contributed by atoms with van der Waals surface area (Å²) in [5, 5.41) is 2.18. The molecule has 0 saturated carbocycles. The van der Waals surface area contributed by atoms with Crippen molar-refractivity contribution in [2.75, 3.05) is 32.8 Å². The molecule has 4 rings (SSSR count). The summed E-state index contributed by atoms with van der Waals surface area (Å²) in [6, 6.07) is 18.1. The summed E-state index contributed by atoms with van der Waals surface area (Å²) in [4.78, 5) is 15.0. The molecule has 2 aliphatic heterocycles. The van der Waals surface area contributed by atoms with E-state index < -0.39 is 5.66 Å². The molecule has 2 aromatic carbocycles. The molecule has 0 spiro atoms. The van der Waals surface area contributed by atoms with Crippen LogP contribution in [0.15, 0.2) is 54.6 Å². The van der Waals surface area contributed by atoms with Gasteiger partial charge in [0.15, 0.2) is 5.66 Å². The first-order valence-electron chi connectivity index (χ1n) is 8.85. The molecule has 1 saturated heterocycles. The van der Waals surface area contributed by atoms with Gasteiger partial charge >= 0.3 is 0 Å². The fourth-order valence-electron chi connectivity index (χ4n) is 3.89. The zero-order valence-electron chi connectivity index (χ0n) is 14.4. The summed E-state index contributed by atoms with van der Waals surface area (Å²) >= 11 is 0. The van der Waals surface area contributed by atoms with Crippen molar-refractivity contribution < 1.29 is 9.53 Å². The quantitative estimate of drug-likeness (QED) is 0.929. The summed E-state index contributed by atoms with van der Waals surface area (Å²) < 4.78 is 5.48. The zero-order valence-corrected chi connectivity index (χ0v) is 14.4. The van der Waals surface area contributed by atoms with Crippen LogP contribution in [0.4, 0.5) is 0 Å². The SMILES string of the molecule is CCN1C(=O)c2ccccc2C1(NN1CCOCC1)c1ccccc1. The van der Waals surface area contributed by atoms with Crippen molar-refractivity contribution in [3.63, 3.8) is 0 Å². The lowest BCUT2D eigenvalue weighted by molar-refractivity contribution is -0.0355. The van der Waals surface area contributed by atoms with Crippen LogP contribution in [0.3, 0.4) is 0 Å². The maximum atomic E-state index is 13.1. The van der Waals surface area contributed by atoms with E-state index in [1.807, 2.05) is 48.2 Å². The Morgan fingerprint density at radius 3 is 2.44 bits per heavy atom. The molecule has 5 heteroatoms. The van der Waals surface area contributed by atoms with Crippen LogP contribution in [0.1, 0.15) is 28.4 Å².